The third kappa shape index (κ3) is 5.37. The van der Waals surface area contributed by atoms with Crippen LogP contribution in [-0.2, 0) is 13.2 Å². The Morgan fingerprint density at radius 3 is 2.58 bits per heavy atom. The highest BCUT2D eigenvalue weighted by Gasteiger charge is 2.16. The van der Waals surface area contributed by atoms with E-state index >= 15 is 0 Å². The van der Waals surface area contributed by atoms with Crippen molar-refractivity contribution in [2.24, 2.45) is 10.7 Å². The molecule has 0 unspecified atom stereocenters. The summed E-state index contributed by atoms with van der Waals surface area (Å²) in [5, 5.41) is 3.74. The van der Waals surface area contributed by atoms with E-state index in [0.717, 1.165) is 25.2 Å². The first-order valence-electron chi connectivity index (χ1n) is 10.2. The lowest BCUT2D eigenvalue weighted by molar-refractivity contribution is 0.0972. The van der Waals surface area contributed by atoms with Crippen LogP contribution in [0.4, 0.5) is 0 Å². The molecule has 0 atom stereocenters. The number of nitrogens with zero attached hydrogens (tertiary/aromatic N) is 2. The van der Waals surface area contributed by atoms with Gasteiger partial charge in [0.1, 0.15) is 18.1 Å². The maximum absolute atomic E-state index is 12.4. The van der Waals surface area contributed by atoms with Crippen molar-refractivity contribution in [1.82, 2.24) is 15.2 Å². The van der Waals surface area contributed by atoms with E-state index in [-0.39, 0.29) is 5.96 Å². The standard InChI is InChI=1S/C23H28ClN5O2/c1-4-29(5-2)13-15-8-6-7-9-16(15)14-31-20-11-10-18(24)17-12-19(27-21(17)20)22(30)28-23(25)26-3/h6-12,27H,4-5,13-14H2,1-3H3,(H3,25,26,28,30). The van der Waals surface area contributed by atoms with E-state index in [4.69, 9.17) is 22.1 Å². The second kappa shape index (κ2) is 10.3. The minimum absolute atomic E-state index is 0.0380. The predicted molar refractivity (Wildman–Crippen MR) is 126 cm³/mol. The van der Waals surface area contributed by atoms with Crippen LogP contribution in [-0.4, -0.2) is 41.9 Å². The molecule has 8 heteroatoms. The molecule has 3 rings (SSSR count). The lowest BCUT2D eigenvalue weighted by Crippen LogP contribution is -2.36. The molecule has 7 nitrogen and oxygen atoms in total. The molecule has 0 aliphatic rings. The molecule has 4 N–H and O–H groups in total. The second-order valence-electron chi connectivity index (χ2n) is 7.10. The molecule has 0 spiro atoms. The highest BCUT2D eigenvalue weighted by molar-refractivity contribution is 6.35. The van der Waals surface area contributed by atoms with Crippen LogP contribution in [0.25, 0.3) is 10.9 Å². The van der Waals surface area contributed by atoms with Crippen molar-refractivity contribution >= 4 is 34.4 Å². The molecule has 3 aromatic rings. The Kier molecular flexibility index (Phi) is 7.55. The fraction of sp³-hybridized carbons (Fsp3) is 0.304. The minimum atomic E-state index is -0.397. The number of amides is 1. The molecule has 0 fully saturated rings. The summed E-state index contributed by atoms with van der Waals surface area (Å²) in [5.74, 6) is 0.259. The molecule has 164 valence electrons. The number of aromatic amines is 1. The number of guanidine groups is 1. The Balaban J connectivity index is 1.85. The number of aliphatic imine (C=N–C) groups is 1. The maximum Gasteiger partial charge on any atom is 0.274 e. The highest BCUT2D eigenvalue weighted by Crippen LogP contribution is 2.32. The van der Waals surface area contributed by atoms with E-state index in [1.165, 1.54) is 12.6 Å². The van der Waals surface area contributed by atoms with E-state index in [0.29, 0.717) is 34.0 Å². The van der Waals surface area contributed by atoms with Gasteiger partial charge in [-0.15, -0.1) is 0 Å². The number of benzene rings is 2. The lowest BCUT2D eigenvalue weighted by atomic mass is 10.1. The summed E-state index contributed by atoms with van der Waals surface area (Å²) < 4.78 is 6.16. The number of nitrogens with one attached hydrogen (secondary N) is 2. The van der Waals surface area contributed by atoms with Gasteiger partial charge in [-0.3, -0.25) is 20.0 Å². The van der Waals surface area contributed by atoms with Gasteiger partial charge >= 0.3 is 0 Å². The third-order valence-corrected chi connectivity index (χ3v) is 5.55. The monoisotopic (exact) mass is 441 g/mol. The zero-order valence-electron chi connectivity index (χ0n) is 18.0. The van der Waals surface area contributed by atoms with Crippen LogP contribution in [0.5, 0.6) is 5.75 Å². The fourth-order valence-corrected chi connectivity index (χ4v) is 3.55. The topological polar surface area (TPSA) is 95.7 Å². The molecular formula is C23H28ClN5O2. The Morgan fingerprint density at radius 1 is 1.19 bits per heavy atom. The van der Waals surface area contributed by atoms with Crippen LogP contribution in [0.15, 0.2) is 47.5 Å². The normalized spacial score (nSPS) is 11.8. The van der Waals surface area contributed by atoms with E-state index in [2.05, 4.69) is 46.2 Å². The first-order valence-corrected chi connectivity index (χ1v) is 10.6. The molecular weight excluding hydrogens is 414 g/mol. The maximum atomic E-state index is 12.4. The smallest absolute Gasteiger partial charge is 0.274 e. The van der Waals surface area contributed by atoms with Gasteiger partial charge in [-0.25, -0.2) is 0 Å². The lowest BCUT2D eigenvalue weighted by Gasteiger charge is -2.20. The molecule has 1 amide bonds. The van der Waals surface area contributed by atoms with Gasteiger partial charge in [-0.2, -0.15) is 0 Å². The molecule has 0 saturated heterocycles. The van der Waals surface area contributed by atoms with Crippen LogP contribution in [0.1, 0.15) is 35.5 Å². The number of carbonyl (C=O) groups excluding carboxylic acids is 1. The van der Waals surface area contributed by atoms with Crippen molar-refractivity contribution < 1.29 is 9.53 Å². The Morgan fingerprint density at radius 2 is 1.90 bits per heavy atom. The second-order valence-corrected chi connectivity index (χ2v) is 7.51. The average molecular weight is 442 g/mol. The number of hydrogen-bond acceptors (Lipinski definition) is 4. The van der Waals surface area contributed by atoms with E-state index in [1.54, 1.807) is 18.2 Å². The zero-order chi connectivity index (χ0) is 22.4. The van der Waals surface area contributed by atoms with Crippen LogP contribution < -0.4 is 15.8 Å². The van der Waals surface area contributed by atoms with Gasteiger partial charge in [0.25, 0.3) is 5.91 Å². The zero-order valence-corrected chi connectivity index (χ0v) is 18.8. The van der Waals surface area contributed by atoms with Crippen molar-refractivity contribution in [3.63, 3.8) is 0 Å². The summed E-state index contributed by atoms with van der Waals surface area (Å²) in [6.45, 7) is 7.58. The number of rotatable bonds is 8. The first-order chi connectivity index (χ1) is 15.0. The quantitative estimate of drug-likeness (QED) is 0.364. The average Bonchev–Trinajstić information content (AvgIpc) is 3.24. The van der Waals surface area contributed by atoms with Crippen LogP contribution in [0.3, 0.4) is 0 Å². The Hall–Kier alpha value is -3.03. The van der Waals surface area contributed by atoms with Gasteiger partial charge < -0.3 is 15.5 Å². The minimum Gasteiger partial charge on any atom is -0.487 e. The van der Waals surface area contributed by atoms with Crippen molar-refractivity contribution in [2.75, 3.05) is 20.1 Å². The van der Waals surface area contributed by atoms with Crippen LogP contribution in [0.2, 0.25) is 5.02 Å². The number of carbonyl (C=O) groups is 1. The summed E-state index contributed by atoms with van der Waals surface area (Å²) in [5.41, 5.74) is 8.93. The number of H-pyrrole nitrogens is 1. The fourth-order valence-electron chi connectivity index (χ4n) is 3.34. The van der Waals surface area contributed by atoms with Crippen LogP contribution >= 0.6 is 11.6 Å². The van der Waals surface area contributed by atoms with E-state index < -0.39 is 5.91 Å². The Bertz CT molecular complexity index is 1090. The predicted octanol–water partition coefficient (Wildman–Crippen LogP) is 3.92. The van der Waals surface area contributed by atoms with Gasteiger partial charge in [0.05, 0.1) is 10.5 Å². The third-order valence-electron chi connectivity index (χ3n) is 5.22. The number of aromatic nitrogens is 1. The highest BCUT2D eigenvalue weighted by atomic mass is 35.5. The molecule has 0 aliphatic heterocycles. The number of fused-ring (bicyclic) bond motifs is 1. The molecule has 0 aliphatic carbocycles. The molecule has 0 radical (unpaired) electrons. The molecule has 0 bridgehead atoms. The number of ether oxygens (including phenoxy) is 1. The molecule has 0 saturated carbocycles. The van der Waals surface area contributed by atoms with E-state index in [9.17, 15) is 4.79 Å². The summed E-state index contributed by atoms with van der Waals surface area (Å²) in [6, 6.07) is 13.5. The SMILES string of the molecule is CCN(CC)Cc1ccccc1COc1ccc(Cl)c2cc(C(=O)NC(N)=NC)[nH]c12. The summed E-state index contributed by atoms with van der Waals surface area (Å²) in [7, 11) is 1.50. The van der Waals surface area contributed by atoms with Gasteiger partial charge in [-0.05, 0) is 42.4 Å². The summed E-state index contributed by atoms with van der Waals surface area (Å²) >= 11 is 6.35. The summed E-state index contributed by atoms with van der Waals surface area (Å²) in [6.07, 6.45) is 0. The number of hydrogen-bond donors (Lipinski definition) is 3. The summed E-state index contributed by atoms with van der Waals surface area (Å²) in [4.78, 5) is 21.6. The molecule has 1 heterocycles. The van der Waals surface area contributed by atoms with Gasteiger partial charge in [0.15, 0.2) is 5.96 Å². The molecule has 31 heavy (non-hydrogen) atoms. The molecule has 1 aromatic heterocycles. The number of nitrogens with two attached hydrogens (primary N) is 1. The van der Waals surface area contributed by atoms with Crippen molar-refractivity contribution in [1.29, 1.82) is 0 Å². The van der Waals surface area contributed by atoms with Gasteiger partial charge in [0, 0.05) is 19.0 Å². The van der Waals surface area contributed by atoms with Crippen LogP contribution in [0, 0.1) is 0 Å². The first kappa shape index (κ1) is 22.7. The number of halogens is 1. The van der Waals surface area contributed by atoms with Gasteiger partial charge in [-0.1, -0.05) is 49.7 Å². The van der Waals surface area contributed by atoms with Crippen molar-refractivity contribution in [3.05, 3.63) is 64.3 Å². The Labute approximate surface area is 187 Å². The largest absolute Gasteiger partial charge is 0.487 e. The molecule has 2 aromatic carbocycles. The van der Waals surface area contributed by atoms with Crippen molar-refractivity contribution in [3.8, 4) is 5.75 Å². The van der Waals surface area contributed by atoms with Crippen molar-refractivity contribution in [2.45, 2.75) is 27.0 Å². The van der Waals surface area contributed by atoms with Gasteiger partial charge in [0.2, 0.25) is 0 Å². The van der Waals surface area contributed by atoms with E-state index in [1.807, 2.05) is 12.1 Å².